The summed E-state index contributed by atoms with van der Waals surface area (Å²) < 4.78 is 10.6. The van der Waals surface area contributed by atoms with E-state index < -0.39 is 23.0 Å². The number of nitrogens with one attached hydrogen (secondary N) is 2. The average molecular weight is 349 g/mol. The highest BCUT2D eigenvalue weighted by Crippen LogP contribution is 2.29. The Kier molecular flexibility index (Phi) is 5.25. The van der Waals surface area contributed by atoms with Gasteiger partial charge in [0.15, 0.2) is 0 Å². The molecular formula is C16H19N3O6. The highest BCUT2D eigenvalue weighted by Gasteiger charge is 2.27. The summed E-state index contributed by atoms with van der Waals surface area (Å²) in [5.74, 6) is -0.731. The van der Waals surface area contributed by atoms with Gasteiger partial charge in [0.1, 0.15) is 17.9 Å². The Hall–Kier alpha value is -2.52. The van der Waals surface area contributed by atoms with Gasteiger partial charge in [-0.15, -0.1) is 0 Å². The molecule has 1 aromatic rings. The minimum absolute atomic E-state index is 0.0237. The zero-order valence-electron chi connectivity index (χ0n) is 13.5. The molecule has 2 amide bonds. The van der Waals surface area contributed by atoms with Crippen LogP contribution in [0.1, 0.15) is 25.7 Å². The van der Waals surface area contributed by atoms with Crippen molar-refractivity contribution in [2.24, 2.45) is 0 Å². The van der Waals surface area contributed by atoms with Crippen LogP contribution in [0.4, 0.5) is 17.1 Å². The molecule has 2 fully saturated rings. The lowest BCUT2D eigenvalue weighted by molar-refractivity contribution is -0.383. The fourth-order valence-electron chi connectivity index (χ4n) is 2.88. The number of carbonyl (C=O) groups is 2. The van der Waals surface area contributed by atoms with Gasteiger partial charge in [0.05, 0.1) is 4.92 Å². The number of anilines is 2. The Morgan fingerprint density at radius 2 is 1.64 bits per heavy atom. The van der Waals surface area contributed by atoms with Crippen molar-refractivity contribution in [2.75, 3.05) is 23.8 Å². The van der Waals surface area contributed by atoms with Crippen molar-refractivity contribution >= 4 is 28.9 Å². The van der Waals surface area contributed by atoms with E-state index >= 15 is 0 Å². The van der Waals surface area contributed by atoms with Crippen molar-refractivity contribution < 1.29 is 24.0 Å². The van der Waals surface area contributed by atoms with E-state index in [2.05, 4.69) is 10.6 Å². The molecule has 0 aromatic heterocycles. The lowest BCUT2D eigenvalue weighted by Gasteiger charge is -2.13. The Morgan fingerprint density at radius 1 is 1.04 bits per heavy atom. The van der Waals surface area contributed by atoms with Gasteiger partial charge in [-0.25, -0.2) is 0 Å². The van der Waals surface area contributed by atoms with Gasteiger partial charge in [-0.3, -0.25) is 19.7 Å². The van der Waals surface area contributed by atoms with Crippen LogP contribution in [0.3, 0.4) is 0 Å². The van der Waals surface area contributed by atoms with E-state index in [4.69, 9.17) is 9.47 Å². The molecule has 0 bridgehead atoms. The molecule has 0 saturated carbocycles. The molecule has 2 aliphatic heterocycles. The average Bonchev–Trinajstić information content (AvgIpc) is 3.28. The first-order valence-corrected chi connectivity index (χ1v) is 8.18. The normalized spacial score (nSPS) is 22.6. The predicted molar refractivity (Wildman–Crippen MR) is 88.3 cm³/mol. The summed E-state index contributed by atoms with van der Waals surface area (Å²) in [5, 5.41) is 16.4. The third-order valence-electron chi connectivity index (χ3n) is 4.16. The van der Waals surface area contributed by atoms with E-state index in [1.165, 1.54) is 18.2 Å². The van der Waals surface area contributed by atoms with Gasteiger partial charge in [0, 0.05) is 25.0 Å². The maximum atomic E-state index is 12.2. The lowest BCUT2D eigenvalue weighted by atomic mass is 10.2. The molecule has 25 heavy (non-hydrogen) atoms. The largest absolute Gasteiger partial charge is 0.368 e. The van der Waals surface area contributed by atoms with Crippen molar-refractivity contribution in [3.8, 4) is 0 Å². The van der Waals surface area contributed by atoms with Gasteiger partial charge < -0.3 is 20.1 Å². The molecule has 9 heteroatoms. The second-order valence-electron chi connectivity index (χ2n) is 5.97. The number of rotatable bonds is 5. The highest BCUT2D eigenvalue weighted by atomic mass is 16.6. The maximum Gasteiger partial charge on any atom is 0.292 e. The number of benzene rings is 1. The first-order chi connectivity index (χ1) is 12.0. The smallest absolute Gasteiger partial charge is 0.292 e. The monoisotopic (exact) mass is 349 g/mol. The Balaban J connectivity index is 1.75. The summed E-state index contributed by atoms with van der Waals surface area (Å²) in [7, 11) is 0. The van der Waals surface area contributed by atoms with E-state index in [-0.39, 0.29) is 17.3 Å². The standard InChI is InChI=1S/C16H19N3O6/c20-15(13-3-1-7-24-13)17-10-5-6-12(19(22)23)11(9-10)18-16(21)14-4-2-8-25-14/h5-6,9,13-14H,1-4,7-8H2,(H,17,20)(H,18,21)/t13-,14+/m1/s1. The van der Waals surface area contributed by atoms with Crippen LogP contribution in [0.2, 0.25) is 0 Å². The number of hydrogen-bond acceptors (Lipinski definition) is 6. The molecule has 2 N–H and O–H groups in total. The molecule has 9 nitrogen and oxygen atoms in total. The molecule has 0 unspecified atom stereocenters. The Morgan fingerprint density at radius 3 is 2.16 bits per heavy atom. The zero-order valence-corrected chi connectivity index (χ0v) is 13.5. The third kappa shape index (κ3) is 4.12. The summed E-state index contributed by atoms with van der Waals surface area (Å²) in [6.07, 6.45) is 1.69. The van der Waals surface area contributed by atoms with E-state index in [0.29, 0.717) is 31.7 Å². The van der Waals surface area contributed by atoms with Gasteiger partial charge in [-0.1, -0.05) is 0 Å². The summed E-state index contributed by atoms with van der Waals surface area (Å²) in [4.78, 5) is 34.9. The molecule has 0 aliphatic carbocycles. The van der Waals surface area contributed by atoms with Crippen LogP contribution in [0, 0.1) is 10.1 Å². The fraction of sp³-hybridized carbons (Fsp3) is 0.500. The molecule has 2 saturated heterocycles. The number of carbonyl (C=O) groups excluding carboxylic acids is 2. The van der Waals surface area contributed by atoms with Crippen LogP contribution in [0.25, 0.3) is 0 Å². The van der Waals surface area contributed by atoms with Crippen LogP contribution in [-0.2, 0) is 19.1 Å². The molecular weight excluding hydrogens is 330 g/mol. The van der Waals surface area contributed by atoms with E-state index in [1.807, 2.05) is 0 Å². The Labute approximate surface area is 143 Å². The summed E-state index contributed by atoms with van der Waals surface area (Å²) in [6, 6.07) is 4.04. The van der Waals surface area contributed by atoms with Crippen molar-refractivity contribution in [3.05, 3.63) is 28.3 Å². The SMILES string of the molecule is O=C(Nc1cc(NC(=O)[C@H]2CCCO2)ccc1[N+](=O)[O-])[C@@H]1CCCO1. The summed E-state index contributed by atoms with van der Waals surface area (Å²) in [6.45, 7) is 1.04. The number of ether oxygens (including phenoxy) is 2. The minimum atomic E-state index is -0.607. The quantitative estimate of drug-likeness (QED) is 0.618. The second kappa shape index (κ2) is 7.58. The highest BCUT2D eigenvalue weighted by molar-refractivity contribution is 5.99. The molecule has 0 radical (unpaired) electrons. The molecule has 134 valence electrons. The number of amides is 2. The molecule has 1 aromatic carbocycles. The van der Waals surface area contributed by atoms with Gasteiger partial charge in [0.25, 0.3) is 17.5 Å². The van der Waals surface area contributed by atoms with Crippen LogP contribution < -0.4 is 10.6 Å². The van der Waals surface area contributed by atoms with Gasteiger partial charge in [0.2, 0.25) is 0 Å². The van der Waals surface area contributed by atoms with Crippen molar-refractivity contribution in [3.63, 3.8) is 0 Å². The minimum Gasteiger partial charge on any atom is -0.368 e. The van der Waals surface area contributed by atoms with E-state index in [9.17, 15) is 19.7 Å². The maximum absolute atomic E-state index is 12.2. The Bertz CT molecular complexity index is 680. The third-order valence-corrected chi connectivity index (χ3v) is 4.16. The molecule has 0 spiro atoms. The van der Waals surface area contributed by atoms with Gasteiger partial charge in [-0.05, 0) is 37.8 Å². The number of nitro groups is 1. The van der Waals surface area contributed by atoms with Crippen LogP contribution in [-0.4, -0.2) is 42.2 Å². The predicted octanol–water partition coefficient (Wildman–Crippen LogP) is 1.83. The number of nitro benzene ring substituents is 1. The zero-order chi connectivity index (χ0) is 17.8. The van der Waals surface area contributed by atoms with E-state index in [1.54, 1.807) is 0 Å². The topological polar surface area (TPSA) is 120 Å². The molecule has 2 heterocycles. The van der Waals surface area contributed by atoms with Crippen LogP contribution >= 0.6 is 0 Å². The van der Waals surface area contributed by atoms with Crippen molar-refractivity contribution in [2.45, 2.75) is 37.9 Å². The van der Waals surface area contributed by atoms with E-state index in [0.717, 1.165) is 12.8 Å². The first kappa shape index (κ1) is 17.3. The molecule has 2 aliphatic rings. The van der Waals surface area contributed by atoms with Crippen LogP contribution in [0.5, 0.6) is 0 Å². The number of nitrogens with zero attached hydrogens (tertiary/aromatic N) is 1. The summed E-state index contributed by atoms with van der Waals surface area (Å²) in [5.41, 5.74) is 0.130. The molecule has 2 atom stereocenters. The lowest BCUT2D eigenvalue weighted by Crippen LogP contribution is -2.28. The fourth-order valence-corrected chi connectivity index (χ4v) is 2.88. The van der Waals surface area contributed by atoms with Crippen LogP contribution in [0.15, 0.2) is 18.2 Å². The van der Waals surface area contributed by atoms with Crippen molar-refractivity contribution in [1.29, 1.82) is 0 Å². The second-order valence-corrected chi connectivity index (χ2v) is 5.97. The van der Waals surface area contributed by atoms with Gasteiger partial charge in [-0.2, -0.15) is 0 Å². The van der Waals surface area contributed by atoms with Crippen molar-refractivity contribution in [1.82, 2.24) is 0 Å². The first-order valence-electron chi connectivity index (χ1n) is 8.18. The molecule has 3 rings (SSSR count). The number of hydrogen-bond donors (Lipinski definition) is 2. The summed E-state index contributed by atoms with van der Waals surface area (Å²) >= 11 is 0. The van der Waals surface area contributed by atoms with Gasteiger partial charge >= 0.3 is 0 Å².